The van der Waals surface area contributed by atoms with Crippen molar-refractivity contribution in [1.29, 1.82) is 0 Å². The number of rotatable bonds is 8. The molecule has 0 radical (unpaired) electrons. The predicted molar refractivity (Wildman–Crippen MR) is 118 cm³/mol. The monoisotopic (exact) mass is 355 g/mol. The van der Waals surface area contributed by atoms with Crippen LogP contribution in [0.15, 0.2) is 91.1 Å². The van der Waals surface area contributed by atoms with Crippen molar-refractivity contribution in [2.75, 3.05) is 6.54 Å². The summed E-state index contributed by atoms with van der Waals surface area (Å²) in [6.45, 7) is 13.5. The molecule has 0 unspecified atom stereocenters. The fourth-order valence-electron chi connectivity index (χ4n) is 3.30. The number of benzene rings is 2. The number of hydrogen-bond donors (Lipinski definition) is 1. The summed E-state index contributed by atoms with van der Waals surface area (Å²) in [6.07, 6.45) is 9.11. The first-order chi connectivity index (χ1) is 13.1. The van der Waals surface area contributed by atoms with E-state index in [0.717, 1.165) is 17.2 Å². The third-order valence-electron chi connectivity index (χ3n) is 5.10. The molecule has 0 spiro atoms. The van der Waals surface area contributed by atoms with Gasteiger partial charge in [-0.3, -0.25) is 0 Å². The molecule has 0 aromatic heterocycles. The minimum absolute atomic E-state index is 0.689. The van der Waals surface area contributed by atoms with E-state index in [1.807, 2.05) is 6.07 Å². The van der Waals surface area contributed by atoms with Gasteiger partial charge in [0.25, 0.3) is 0 Å². The highest BCUT2D eigenvalue weighted by Gasteiger charge is 2.22. The van der Waals surface area contributed by atoms with E-state index >= 15 is 0 Å². The van der Waals surface area contributed by atoms with E-state index in [-0.39, 0.29) is 0 Å². The Balaban J connectivity index is 1.67. The quantitative estimate of drug-likeness (QED) is 0.520. The van der Waals surface area contributed by atoms with Gasteiger partial charge in [0.05, 0.1) is 0 Å². The topological polar surface area (TPSA) is 12.0 Å². The lowest BCUT2D eigenvalue weighted by Gasteiger charge is -2.17. The molecule has 1 aliphatic carbocycles. The lowest BCUT2D eigenvalue weighted by molar-refractivity contribution is 0.980. The lowest BCUT2D eigenvalue weighted by atomic mass is 9.94. The molecule has 138 valence electrons. The van der Waals surface area contributed by atoms with Crippen LogP contribution < -0.4 is 5.32 Å². The van der Waals surface area contributed by atoms with Crippen LogP contribution in [0.4, 0.5) is 0 Å². The van der Waals surface area contributed by atoms with E-state index in [9.17, 15) is 0 Å². The second-order valence-corrected chi connectivity index (χ2v) is 7.40. The summed E-state index contributed by atoms with van der Waals surface area (Å²) in [5.41, 5.74) is 8.26. The molecule has 1 nitrogen and oxygen atoms in total. The Bertz CT molecular complexity index is 880. The predicted octanol–water partition coefficient (Wildman–Crippen LogP) is 6.69. The average molecular weight is 356 g/mol. The highest BCUT2D eigenvalue weighted by molar-refractivity contribution is 5.81. The van der Waals surface area contributed by atoms with E-state index in [1.54, 1.807) is 0 Å². The fraction of sp³-hybridized carbons (Fsp3) is 0.231. The summed E-state index contributed by atoms with van der Waals surface area (Å²) in [7, 11) is 0. The van der Waals surface area contributed by atoms with Gasteiger partial charge in [0.1, 0.15) is 0 Å². The molecular formula is C26H29N. The number of aryl methyl sites for hydroxylation is 1. The second-order valence-electron chi connectivity index (χ2n) is 7.40. The first kappa shape index (κ1) is 19.0. The molecule has 1 N–H and O–H groups in total. The summed E-state index contributed by atoms with van der Waals surface area (Å²) >= 11 is 0. The Hall–Kier alpha value is -2.80. The van der Waals surface area contributed by atoms with E-state index in [4.69, 9.17) is 0 Å². The Morgan fingerprint density at radius 1 is 1.07 bits per heavy atom. The van der Waals surface area contributed by atoms with Crippen LogP contribution in [0.2, 0.25) is 0 Å². The zero-order valence-electron chi connectivity index (χ0n) is 16.5. The SMILES string of the molecule is C=C(/C=C\C=C(/C)C1CC1)CNC(=C)c1c(C)cccc1-c1ccccc1. The van der Waals surface area contributed by atoms with Crippen molar-refractivity contribution in [1.82, 2.24) is 5.32 Å². The van der Waals surface area contributed by atoms with Gasteiger partial charge in [0, 0.05) is 17.8 Å². The maximum atomic E-state index is 4.30. The molecule has 1 heteroatoms. The van der Waals surface area contributed by atoms with Gasteiger partial charge in [-0.15, -0.1) is 0 Å². The molecule has 0 saturated heterocycles. The molecule has 2 aromatic carbocycles. The van der Waals surface area contributed by atoms with Gasteiger partial charge < -0.3 is 5.32 Å². The highest BCUT2D eigenvalue weighted by Crippen LogP contribution is 2.36. The van der Waals surface area contributed by atoms with E-state index in [0.29, 0.717) is 6.54 Å². The van der Waals surface area contributed by atoms with E-state index in [2.05, 4.69) is 93.0 Å². The standard InChI is InChI=1S/C26H29N/c1-19(10-8-11-20(2)23-16-17-23)18-27-22(4)26-21(3)12-9-15-25(26)24-13-6-5-7-14-24/h5-15,23,27H,1,4,16-18H2,2-3H3/b10-8-,20-11+. The normalized spacial score (nSPS) is 14.4. The number of hydrogen-bond acceptors (Lipinski definition) is 1. The molecule has 2 aromatic rings. The lowest BCUT2D eigenvalue weighted by Crippen LogP contribution is -2.15. The van der Waals surface area contributed by atoms with Crippen molar-refractivity contribution >= 4 is 5.70 Å². The Kier molecular flexibility index (Phi) is 6.13. The first-order valence-corrected chi connectivity index (χ1v) is 9.67. The second kappa shape index (κ2) is 8.73. The highest BCUT2D eigenvalue weighted by atomic mass is 14.9. The molecule has 1 saturated carbocycles. The molecule has 0 aliphatic heterocycles. The molecule has 3 rings (SSSR count). The van der Waals surface area contributed by atoms with Crippen LogP contribution in [-0.4, -0.2) is 6.54 Å². The van der Waals surface area contributed by atoms with Crippen LogP contribution in [0.3, 0.4) is 0 Å². The third-order valence-corrected chi connectivity index (χ3v) is 5.10. The third kappa shape index (κ3) is 5.10. The Morgan fingerprint density at radius 3 is 2.52 bits per heavy atom. The largest absolute Gasteiger partial charge is 0.381 e. The minimum Gasteiger partial charge on any atom is -0.381 e. The molecule has 0 heterocycles. The summed E-state index contributed by atoms with van der Waals surface area (Å²) in [5, 5.41) is 3.46. The van der Waals surface area contributed by atoms with Gasteiger partial charge in [-0.2, -0.15) is 0 Å². The van der Waals surface area contributed by atoms with Gasteiger partial charge in [0.15, 0.2) is 0 Å². The Morgan fingerprint density at radius 2 is 1.81 bits per heavy atom. The van der Waals surface area contributed by atoms with Gasteiger partial charge >= 0.3 is 0 Å². The number of allylic oxidation sites excluding steroid dienone is 3. The van der Waals surface area contributed by atoms with Crippen molar-refractivity contribution in [2.24, 2.45) is 5.92 Å². The molecular weight excluding hydrogens is 326 g/mol. The average Bonchev–Trinajstić information content (AvgIpc) is 3.52. The zero-order chi connectivity index (χ0) is 19.2. The molecule has 1 aliphatic rings. The molecule has 1 fully saturated rings. The fourth-order valence-corrected chi connectivity index (χ4v) is 3.30. The van der Waals surface area contributed by atoms with Crippen molar-refractivity contribution in [2.45, 2.75) is 26.7 Å². The smallest absolute Gasteiger partial charge is 0.0394 e. The summed E-state index contributed by atoms with van der Waals surface area (Å²) in [4.78, 5) is 0. The van der Waals surface area contributed by atoms with E-state index < -0.39 is 0 Å². The molecule has 0 amide bonds. The van der Waals surface area contributed by atoms with Crippen LogP contribution in [0, 0.1) is 12.8 Å². The first-order valence-electron chi connectivity index (χ1n) is 9.67. The minimum atomic E-state index is 0.689. The van der Waals surface area contributed by atoms with Crippen molar-refractivity contribution < 1.29 is 0 Å². The van der Waals surface area contributed by atoms with Gasteiger partial charge in [-0.05, 0) is 54.9 Å². The van der Waals surface area contributed by atoms with E-state index in [1.165, 1.54) is 40.7 Å². The summed E-state index contributed by atoms with van der Waals surface area (Å²) in [6, 6.07) is 16.9. The van der Waals surface area contributed by atoms with Crippen LogP contribution in [0.5, 0.6) is 0 Å². The van der Waals surface area contributed by atoms with Crippen LogP contribution >= 0.6 is 0 Å². The molecule has 0 atom stereocenters. The van der Waals surface area contributed by atoms with Crippen LogP contribution in [0.1, 0.15) is 30.9 Å². The maximum Gasteiger partial charge on any atom is 0.0394 e. The van der Waals surface area contributed by atoms with Gasteiger partial charge in [-0.1, -0.05) is 85.5 Å². The number of nitrogens with one attached hydrogen (secondary N) is 1. The van der Waals surface area contributed by atoms with Crippen LogP contribution in [-0.2, 0) is 0 Å². The van der Waals surface area contributed by atoms with Crippen molar-refractivity contribution in [3.05, 3.63) is 102 Å². The summed E-state index contributed by atoms with van der Waals surface area (Å²) in [5.74, 6) is 0.818. The van der Waals surface area contributed by atoms with Crippen molar-refractivity contribution in [3.8, 4) is 11.1 Å². The summed E-state index contributed by atoms with van der Waals surface area (Å²) < 4.78 is 0. The Labute approximate surface area is 163 Å². The van der Waals surface area contributed by atoms with Crippen LogP contribution in [0.25, 0.3) is 16.8 Å². The van der Waals surface area contributed by atoms with Gasteiger partial charge in [0.2, 0.25) is 0 Å². The zero-order valence-corrected chi connectivity index (χ0v) is 16.5. The maximum absolute atomic E-state index is 4.30. The molecule has 0 bridgehead atoms. The van der Waals surface area contributed by atoms with Crippen molar-refractivity contribution in [3.63, 3.8) is 0 Å². The molecule has 27 heavy (non-hydrogen) atoms. The van der Waals surface area contributed by atoms with Gasteiger partial charge in [-0.25, -0.2) is 0 Å².